The highest BCUT2D eigenvalue weighted by atomic mass is 32.1. The minimum Gasteiger partial charge on any atom is -0.314 e. The molecular formula is C13H16N2O3S. The van der Waals surface area contributed by atoms with Crippen LogP contribution >= 0.6 is 11.3 Å². The maximum atomic E-state index is 12.4. The van der Waals surface area contributed by atoms with Crippen LogP contribution in [0.25, 0.3) is 0 Å². The van der Waals surface area contributed by atoms with Gasteiger partial charge in [-0.25, -0.2) is 0 Å². The number of hydrogen-bond donors (Lipinski definition) is 1. The second kappa shape index (κ2) is 4.77. The fraction of sp³-hybridized carbons (Fsp3) is 0.462. The van der Waals surface area contributed by atoms with Crippen LogP contribution in [0.5, 0.6) is 0 Å². The maximum absolute atomic E-state index is 12.4. The molecule has 0 bridgehead atoms. The summed E-state index contributed by atoms with van der Waals surface area (Å²) in [5.74, 6) is -1.15. The first kappa shape index (κ1) is 13.7. The van der Waals surface area contributed by atoms with E-state index in [9.17, 15) is 14.4 Å². The maximum Gasteiger partial charge on any atom is 0.265 e. The highest BCUT2D eigenvalue weighted by Crippen LogP contribution is 2.25. The molecule has 3 amide bonds. The van der Waals surface area contributed by atoms with Crippen LogP contribution in [0.4, 0.5) is 0 Å². The number of imide groups is 1. The largest absolute Gasteiger partial charge is 0.314 e. The van der Waals surface area contributed by atoms with E-state index in [0.29, 0.717) is 4.88 Å². The molecule has 2 rings (SSSR count). The van der Waals surface area contributed by atoms with Gasteiger partial charge in [0.1, 0.15) is 12.1 Å². The molecule has 0 unspecified atom stereocenters. The Hall–Kier alpha value is -1.69. The van der Waals surface area contributed by atoms with E-state index in [4.69, 9.17) is 0 Å². The van der Waals surface area contributed by atoms with Crippen LogP contribution in [0, 0.1) is 0 Å². The Bertz CT molecular complexity index is 548. The van der Waals surface area contributed by atoms with Crippen molar-refractivity contribution in [1.82, 2.24) is 10.2 Å². The minimum absolute atomic E-state index is 0.0864. The van der Waals surface area contributed by atoms with Gasteiger partial charge in [-0.2, -0.15) is 0 Å². The van der Waals surface area contributed by atoms with Crippen LogP contribution in [0.1, 0.15) is 35.3 Å². The Morgan fingerprint density at radius 3 is 2.68 bits per heavy atom. The van der Waals surface area contributed by atoms with Crippen molar-refractivity contribution in [2.75, 3.05) is 6.54 Å². The van der Waals surface area contributed by atoms with Crippen LogP contribution in [-0.4, -0.2) is 34.7 Å². The van der Waals surface area contributed by atoms with Crippen LogP contribution in [0.15, 0.2) is 12.1 Å². The van der Waals surface area contributed by atoms with Crippen molar-refractivity contribution in [3.05, 3.63) is 21.9 Å². The Morgan fingerprint density at radius 1 is 1.42 bits per heavy atom. The fourth-order valence-electron chi connectivity index (χ4n) is 1.92. The molecule has 1 N–H and O–H groups in total. The highest BCUT2D eigenvalue weighted by Gasteiger charge is 2.43. The van der Waals surface area contributed by atoms with Gasteiger partial charge in [-0.05, 0) is 32.4 Å². The molecule has 1 aromatic heterocycles. The van der Waals surface area contributed by atoms with Gasteiger partial charge in [-0.3, -0.25) is 19.7 Å². The molecule has 1 aliphatic heterocycles. The predicted molar refractivity (Wildman–Crippen MR) is 72.0 cm³/mol. The number of nitrogens with one attached hydrogen (secondary N) is 1. The Morgan fingerprint density at radius 2 is 2.11 bits per heavy atom. The van der Waals surface area contributed by atoms with Crippen molar-refractivity contribution >= 4 is 29.1 Å². The number of aryl methyl sites for hydroxylation is 1. The number of carbonyl (C=O) groups is 3. The van der Waals surface area contributed by atoms with Gasteiger partial charge in [0.25, 0.3) is 11.8 Å². The first-order valence-electron chi connectivity index (χ1n) is 6.11. The van der Waals surface area contributed by atoms with E-state index >= 15 is 0 Å². The second-order valence-corrected chi connectivity index (χ2v) is 6.12. The van der Waals surface area contributed by atoms with Crippen molar-refractivity contribution in [3.63, 3.8) is 0 Å². The van der Waals surface area contributed by atoms with Crippen molar-refractivity contribution in [2.45, 2.75) is 32.7 Å². The Kier molecular flexibility index (Phi) is 3.45. The second-order valence-electron chi connectivity index (χ2n) is 4.95. The topological polar surface area (TPSA) is 66.5 Å². The molecule has 5 nitrogen and oxygen atoms in total. The summed E-state index contributed by atoms with van der Waals surface area (Å²) >= 11 is 1.40. The minimum atomic E-state index is -1.01. The molecule has 1 fully saturated rings. The molecule has 2 heterocycles. The van der Waals surface area contributed by atoms with Gasteiger partial charge >= 0.3 is 0 Å². The average molecular weight is 280 g/mol. The third-order valence-electron chi connectivity index (χ3n) is 3.25. The van der Waals surface area contributed by atoms with Crippen LogP contribution in [0.2, 0.25) is 0 Å². The van der Waals surface area contributed by atoms with Crippen molar-refractivity contribution in [3.8, 4) is 0 Å². The van der Waals surface area contributed by atoms with Crippen LogP contribution in [0.3, 0.4) is 0 Å². The quantitative estimate of drug-likeness (QED) is 0.827. The first-order valence-corrected chi connectivity index (χ1v) is 6.93. The standard InChI is InChI=1S/C13H16N2O3S/c1-4-8-5-6-9(19-8)11(17)15-7-10(16)14-12(18)13(15,2)3/h5-6H,4,7H2,1-3H3,(H,14,16,18). The third-order valence-corrected chi connectivity index (χ3v) is 4.47. The molecule has 1 aliphatic rings. The molecule has 0 radical (unpaired) electrons. The van der Waals surface area contributed by atoms with Gasteiger partial charge in [-0.15, -0.1) is 11.3 Å². The average Bonchev–Trinajstić information content (AvgIpc) is 2.82. The third kappa shape index (κ3) is 2.40. The molecular weight excluding hydrogens is 264 g/mol. The van der Waals surface area contributed by atoms with Crippen molar-refractivity contribution < 1.29 is 14.4 Å². The summed E-state index contributed by atoms with van der Waals surface area (Å²) in [6.45, 7) is 5.21. The molecule has 1 saturated heterocycles. The van der Waals surface area contributed by atoms with Gasteiger partial charge in [0.15, 0.2) is 0 Å². The molecule has 0 spiro atoms. The predicted octanol–water partition coefficient (Wildman–Crippen LogP) is 1.19. The Labute approximate surface area is 115 Å². The summed E-state index contributed by atoms with van der Waals surface area (Å²) in [6, 6.07) is 3.65. The summed E-state index contributed by atoms with van der Waals surface area (Å²) < 4.78 is 0. The summed E-state index contributed by atoms with van der Waals surface area (Å²) in [4.78, 5) is 38.7. The SMILES string of the molecule is CCc1ccc(C(=O)N2CC(=O)NC(=O)C2(C)C)s1. The van der Waals surface area contributed by atoms with Gasteiger partial charge in [0.2, 0.25) is 5.91 Å². The number of hydrogen-bond acceptors (Lipinski definition) is 4. The van der Waals surface area contributed by atoms with E-state index in [1.807, 2.05) is 13.0 Å². The summed E-state index contributed by atoms with van der Waals surface area (Å²) in [6.07, 6.45) is 0.862. The van der Waals surface area contributed by atoms with E-state index in [-0.39, 0.29) is 12.5 Å². The molecule has 0 saturated carbocycles. The fourth-order valence-corrected chi connectivity index (χ4v) is 2.82. The lowest BCUT2D eigenvalue weighted by Crippen LogP contribution is -2.65. The number of thiophene rings is 1. The number of piperazine rings is 1. The number of rotatable bonds is 2. The lowest BCUT2D eigenvalue weighted by Gasteiger charge is -2.39. The molecule has 0 atom stereocenters. The smallest absolute Gasteiger partial charge is 0.265 e. The zero-order valence-corrected chi connectivity index (χ0v) is 12.0. The molecule has 0 aromatic carbocycles. The summed E-state index contributed by atoms with van der Waals surface area (Å²) in [7, 11) is 0. The van der Waals surface area contributed by atoms with E-state index < -0.39 is 17.4 Å². The monoisotopic (exact) mass is 280 g/mol. The van der Waals surface area contributed by atoms with Gasteiger partial charge in [-0.1, -0.05) is 6.92 Å². The summed E-state index contributed by atoms with van der Waals surface area (Å²) in [5.41, 5.74) is -1.01. The molecule has 19 heavy (non-hydrogen) atoms. The van der Waals surface area contributed by atoms with Crippen molar-refractivity contribution in [2.24, 2.45) is 0 Å². The van der Waals surface area contributed by atoms with E-state index in [1.165, 1.54) is 16.2 Å². The zero-order chi connectivity index (χ0) is 14.2. The normalized spacial score (nSPS) is 18.4. The first-order chi connectivity index (χ1) is 8.86. The number of nitrogens with zero attached hydrogens (tertiary/aromatic N) is 1. The van der Waals surface area contributed by atoms with Gasteiger partial charge in [0, 0.05) is 4.88 Å². The number of amides is 3. The van der Waals surface area contributed by atoms with Gasteiger partial charge < -0.3 is 4.90 Å². The summed E-state index contributed by atoms with van der Waals surface area (Å²) in [5, 5.41) is 2.25. The lowest BCUT2D eigenvalue weighted by atomic mass is 9.98. The highest BCUT2D eigenvalue weighted by molar-refractivity contribution is 7.14. The number of carbonyl (C=O) groups excluding carboxylic acids is 3. The van der Waals surface area contributed by atoms with E-state index in [2.05, 4.69) is 5.32 Å². The molecule has 102 valence electrons. The molecule has 1 aromatic rings. The zero-order valence-electron chi connectivity index (χ0n) is 11.1. The van der Waals surface area contributed by atoms with Crippen LogP contribution < -0.4 is 5.32 Å². The van der Waals surface area contributed by atoms with E-state index in [1.54, 1.807) is 19.9 Å². The van der Waals surface area contributed by atoms with Gasteiger partial charge in [0.05, 0.1) is 4.88 Å². The van der Waals surface area contributed by atoms with E-state index in [0.717, 1.165) is 11.3 Å². The molecule has 6 heteroatoms. The van der Waals surface area contributed by atoms with Crippen LogP contribution in [-0.2, 0) is 16.0 Å². The Balaban J connectivity index is 2.30. The molecule has 0 aliphatic carbocycles. The van der Waals surface area contributed by atoms with Crippen molar-refractivity contribution in [1.29, 1.82) is 0 Å². The lowest BCUT2D eigenvalue weighted by molar-refractivity contribution is -0.143.